The molecule has 2 unspecified atom stereocenters. The van der Waals surface area contributed by atoms with Crippen molar-refractivity contribution < 1.29 is 9.47 Å². The molecular formula is C13H21N3O2. The van der Waals surface area contributed by atoms with Gasteiger partial charge in [0.15, 0.2) is 0 Å². The van der Waals surface area contributed by atoms with Gasteiger partial charge >= 0.3 is 0 Å². The quantitative estimate of drug-likeness (QED) is 0.863. The summed E-state index contributed by atoms with van der Waals surface area (Å²) in [6.45, 7) is 3.56. The Morgan fingerprint density at radius 3 is 2.44 bits per heavy atom. The zero-order valence-corrected chi connectivity index (χ0v) is 11.2. The number of aromatic nitrogens is 1. The van der Waals surface area contributed by atoms with Crippen molar-refractivity contribution in [3.05, 3.63) is 23.9 Å². The van der Waals surface area contributed by atoms with Gasteiger partial charge in [-0.3, -0.25) is 0 Å². The maximum atomic E-state index is 5.89. The number of pyridine rings is 1. The molecule has 0 aliphatic carbocycles. The summed E-state index contributed by atoms with van der Waals surface area (Å²) >= 11 is 0. The lowest BCUT2D eigenvalue weighted by atomic mass is 10.1. The van der Waals surface area contributed by atoms with E-state index in [9.17, 15) is 0 Å². The standard InChI is InChI=1S/C13H21N3O2/c1-9(14)10-4-5-15-13(6-10)16-7-11(17-2)12(8-16)18-3/h4-6,9,11-12H,7-8,14H2,1-3H3/t9-,11?,12?/m1/s1. The fourth-order valence-corrected chi connectivity index (χ4v) is 2.27. The molecule has 1 fully saturated rings. The number of nitrogens with zero attached hydrogens (tertiary/aromatic N) is 2. The minimum absolute atomic E-state index is 0.0193. The van der Waals surface area contributed by atoms with Crippen molar-refractivity contribution in [3.8, 4) is 0 Å². The van der Waals surface area contributed by atoms with Gasteiger partial charge in [-0.05, 0) is 24.6 Å². The van der Waals surface area contributed by atoms with Crippen molar-refractivity contribution in [2.24, 2.45) is 5.73 Å². The molecular weight excluding hydrogens is 230 g/mol. The predicted molar refractivity (Wildman–Crippen MR) is 70.6 cm³/mol. The Balaban J connectivity index is 2.15. The SMILES string of the molecule is COC1CN(c2cc([C@@H](C)N)ccn2)CC1OC. The van der Waals surface area contributed by atoms with Crippen molar-refractivity contribution >= 4 is 5.82 Å². The Morgan fingerprint density at radius 1 is 1.33 bits per heavy atom. The molecule has 0 aromatic carbocycles. The molecule has 5 heteroatoms. The van der Waals surface area contributed by atoms with Crippen LogP contribution in [0.15, 0.2) is 18.3 Å². The maximum absolute atomic E-state index is 5.89. The van der Waals surface area contributed by atoms with Crippen LogP contribution in [0.3, 0.4) is 0 Å². The monoisotopic (exact) mass is 251 g/mol. The van der Waals surface area contributed by atoms with Crippen molar-refractivity contribution in [2.75, 3.05) is 32.2 Å². The van der Waals surface area contributed by atoms with Gasteiger partial charge in [0.05, 0.1) is 0 Å². The smallest absolute Gasteiger partial charge is 0.128 e. The third kappa shape index (κ3) is 2.63. The number of hydrogen-bond acceptors (Lipinski definition) is 5. The zero-order valence-electron chi connectivity index (χ0n) is 11.2. The molecule has 1 aromatic rings. The lowest BCUT2D eigenvalue weighted by molar-refractivity contribution is -0.00461. The molecule has 3 atom stereocenters. The third-order valence-electron chi connectivity index (χ3n) is 3.44. The summed E-state index contributed by atoms with van der Waals surface area (Å²) in [5, 5.41) is 0. The Hall–Kier alpha value is -1.17. The fourth-order valence-electron chi connectivity index (χ4n) is 2.27. The van der Waals surface area contributed by atoms with Crippen LogP contribution in [-0.4, -0.2) is 44.5 Å². The molecule has 1 aliphatic rings. The minimum atomic E-state index is 0.0193. The average molecular weight is 251 g/mol. The molecule has 5 nitrogen and oxygen atoms in total. The van der Waals surface area contributed by atoms with Crippen LogP contribution in [0.2, 0.25) is 0 Å². The first-order valence-electron chi connectivity index (χ1n) is 6.17. The summed E-state index contributed by atoms with van der Waals surface area (Å²) in [6.07, 6.45) is 1.99. The molecule has 2 heterocycles. The number of anilines is 1. The highest BCUT2D eigenvalue weighted by Crippen LogP contribution is 2.23. The highest BCUT2D eigenvalue weighted by atomic mass is 16.5. The van der Waals surface area contributed by atoms with Gasteiger partial charge in [-0.1, -0.05) is 0 Å². The molecule has 0 bridgehead atoms. The normalized spacial score (nSPS) is 25.4. The van der Waals surface area contributed by atoms with Crippen LogP contribution >= 0.6 is 0 Å². The van der Waals surface area contributed by atoms with Gasteiger partial charge in [0, 0.05) is 39.5 Å². The molecule has 0 saturated carbocycles. The van der Waals surface area contributed by atoms with E-state index < -0.39 is 0 Å². The molecule has 0 spiro atoms. The first kappa shape index (κ1) is 13.3. The van der Waals surface area contributed by atoms with Crippen LogP contribution in [0.25, 0.3) is 0 Å². The van der Waals surface area contributed by atoms with E-state index in [0.29, 0.717) is 0 Å². The van der Waals surface area contributed by atoms with E-state index in [4.69, 9.17) is 15.2 Å². The van der Waals surface area contributed by atoms with Crippen molar-refractivity contribution in [3.63, 3.8) is 0 Å². The maximum Gasteiger partial charge on any atom is 0.128 e. The van der Waals surface area contributed by atoms with E-state index in [1.165, 1.54) is 0 Å². The molecule has 1 aliphatic heterocycles. The van der Waals surface area contributed by atoms with Crippen LogP contribution in [0.4, 0.5) is 5.82 Å². The van der Waals surface area contributed by atoms with Crippen LogP contribution in [-0.2, 0) is 9.47 Å². The highest BCUT2D eigenvalue weighted by Gasteiger charge is 2.33. The summed E-state index contributed by atoms with van der Waals surface area (Å²) in [7, 11) is 3.43. The Kier molecular flexibility index (Phi) is 4.16. The Bertz CT molecular complexity index is 386. The molecule has 1 aromatic heterocycles. The highest BCUT2D eigenvalue weighted by molar-refractivity contribution is 5.43. The van der Waals surface area contributed by atoms with E-state index in [1.807, 2.05) is 19.1 Å². The van der Waals surface area contributed by atoms with E-state index in [1.54, 1.807) is 20.4 Å². The van der Waals surface area contributed by atoms with E-state index in [0.717, 1.165) is 24.5 Å². The molecule has 0 radical (unpaired) electrons. The Labute approximate surface area is 108 Å². The number of rotatable bonds is 4. The van der Waals surface area contributed by atoms with Crippen LogP contribution in [0.5, 0.6) is 0 Å². The van der Waals surface area contributed by atoms with Crippen molar-refractivity contribution in [1.29, 1.82) is 0 Å². The van der Waals surface area contributed by atoms with Gasteiger partial charge < -0.3 is 20.1 Å². The van der Waals surface area contributed by atoms with Crippen molar-refractivity contribution in [2.45, 2.75) is 25.2 Å². The van der Waals surface area contributed by atoms with E-state index in [2.05, 4.69) is 9.88 Å². The first-order valence-corrected chi connectivity index (χ1v) is 6.17. The predicted octanol–water partition coefficient (Wildman–Crippen LogP) is 0.951. The summed E-state index contributed by atoms with van der Waals surface area (Å²) < 4.78 is 10.8. The first-order chi connectivity index (χ1) is 8.65. The van der Waals surface area contributed by atoms with E-state index in [-0.39, 0.29) is 18.2 Å². The topological polar surface area (TPSA) is 60.6 Å². The third-order valence-corrected chi connectivity index (χ3v) is 3.44. The van der Waals surface area contributed by atoms with Crippen LogP contribution < -0.4 is 10.6 Å². The fraction of sp³-hybridized carbons (Fsp3) is 0.615. The molecule has 1 saturated heterocycles. The number of nitrogens with two attached hydrogens (primary N) is 1. The lowest BCUT2D eigenvalue weighted by Crippen LogP contribution is -2.27. The summed E-state index contributed by atoms with van der Waals surface area (Å²) in [5.41, 5.74) is 6.98. The Morgan fingerprint density at radius 2 is 1.94 bits per heavy atom. The largest absolute Gasteiger partial charge is 0.377 e. The summed E-state index contributed by atoms with van der Waals surface area (Å²) in [4.78, 5) is 6.58. The number of ether oxygens (including phenoxy) is 2. The van der Waals surface area contributed by atoms with Crippen molar-refractivity contribution in [1.82, 2.24) is 4.98 Å². The second-order valence-corrected chi connectivity index (χ2v) is 4.69. The second-order valence-electron chi connectivity index (χ2n) is 4.69. The van der Waals surface area contributed by atoms with E-state index >= 15 is 0 Å². The molecule has 0 amide bonds. The lowest BCUT2D eigenvalue weighted by Gasteiger charge is -2.18. The minimum Gasteiger partial charge on any atom is -0.377 e. The van der Waals surface area contributed by atoms with Gasteiger partial charge in [-0.25, -0.2) is 4.98 Å². The number of methoxy groups -OCH3 is 2. The zero-order chi connectivity index (χ0) is 13.1. The molecule has 2 N–H and O–H groups in total. The molecule has 2 rings (SSSR count). The summed E-state index contributed by atoms with van der Waals surface area (Å²) in [5.74, 6) is 0.936. The summed E-state index contributed by atoms with van der Waals surface area (Å²) in [6, 6.07) is 4.01. The van der Waals surface area contributed by atoms with Crippen LogP contribution in [0, 0.1) is 0 Å². The molecule has 100 valence electrons. The van der Waals surface area contributed by atoms with Gasteiger partial charge in [-0.2, -0.15) is 0 Å². The van der Waals surface area contributed by atoms with Gasteiger partial charge in [-0.15, -0.1) is 0 Å². The molecule has 18 heavy (non-hydrogen) atoms. The number of hydrogen-bond donors (Lipinski definition) is 1. The van der Waals surface area contributed by atoms with Crippen LogP contribution in [0.1, 0.15) is 18.5 Å². The second kappa shape index (κ2) is 5.65. The van der Waals surface area contributed by atoms with Gasteiger partial charge in [0.2, 0.25) is 0 Å². The van der Waals surface area contributed by atoms with Gasteiger partial charge in [0.25, 0.3) is 0 Å². The average Bonchev–Trinajstić information content (AvgIpc) is 2.82. The van der Waals surface area contributed by atoms with Gasteiger partial charge in [0.1, 0.15) is 18.0 Å².